The minimum Gasteiger partial charge on any atom is -0.372 e. The van der Waals surface area contributed by atoms with E-state index in [9.17, 15) is 4.79 Å². The molecule has 1 N–H and O–H groups in total. The number of hydrogen-bond acceptors (Lipinski definition) is 4. The van der Waals surface area contributed by atoms with Crippen molar-refractivity contribution in [2.45, 2.75) is 18.4 Å². The van der Waals surface area contributed by atoms with Crippen molar-refractivity contribution in [1.82, 2.24) is 14.5 Å². The number of likely N-dealkylation sites (tertiary alicyclic amines) is 1. The topological polar surface area (TPSA) is 50.2 Å². The Morgan fingerprint density at radius 2 is 2.00 bits per heavy atom. The molecule has 2 aliphatic rings. The van der Waals surface area contributed by atoms with Gasteiger partial charge in [-0.1, -0.05) is 12.1 Å². The number of carbonyl (C=O) groups is 1. The molecule has 0 saturated carbocycles. The molecule has 3 aromatic rings. The number of nitrogens with zero attached hydrogens (tertiary/aromatic N) is 3. The van der Waals surface area contributed by atoms with Crippen LogP contribution in [0, 0.1) is 0 Å². The predicted octanol–water partition coefficient (Wildman–Crippen LogP) is 3.49. The number of aromatic nitrogens is 2. The quantitative estimate of drug-likeness (QED) is 0.731. The Labute approximate surface area is 149 Å². The molecule has 1 saturated heterocycles. The number of para-hydroxylation sites is 2. The average Bonchev–Trinajstić information content (AvgIpc) is 3.34. The summed E-state index contributed by atoms with van der Waals surface area (Å²) in [6.45, 7) is 1.47. The van der Waals surface area contributed by atoms with Crippen molar-refractivity contribution in [1.29, 1.82) is 0 Å². The zero-order chi connectivity index (χ0) is 16.9. The Bertz CT molecular complexity index is 923. The summed E-state index contributed by atoms with van der Waals surface area (Å²) < 4.78 is 2.28. The molecule has 5 rings (SSSR count). The summed E-state index contributed by atoms with van der Waals surface area (Å²) in [5, 5.41) is 5.60. The molecule has 0 unspecified atom stereocenters. The zero-order valence-corrected chi connectivity index (χ0v) is 14.5. The van der Waals surface area contributed by atoms with Crippen LogP contribution in [0.2, 0.25) is 0 Å². The Morgan fingerprint density at radius 3 is 2.80 bits per heavy atom. The second kappa shape index (κ2) is 5.46. The van der Waals surface area contributed by atoms with Crippen molar-refractivity contribution in [2.75, 3.05) is 18.4 Å². The highest BCUT2D eigenvalue weighted by Crippen LogP contribution is 2.43. The van der Waals surface area contributed by atoms with Crippen LogP contribution in [0.1, 0.15) is 29.0 Å². The minimum absolute atomic E-state index is 0.0442. The molecule has 0 atom stereocenters. The highest BCUT2D eigenvalue weighted by atomic mass is 32.1. The Balaban J connectivity index is 1.44. The maximum atomic E-state index is 12.6. The fraction of sp³-hybridized carbons (Fsp3) is 0.263. The van der Waals surface area contributed by atoms with Gasteiger partial charge in [-0.2, -0.15) is 0 Å². The van der Waals surface area contributed by atoms with Gasteiger partial charge in [-0.15, -0.1) is 11.3 Å². The molecule has 25 heavy (non-hydrogen) atoms. The van der Waals surface area contributed by atoms with Crippen molar-refractivity contribution in [2.24, 2.45) is 0 Å². The summed E-state index contributed by atoms with van der Waals surface area (Å²) in [6, 6.07) is 12.7. The number of benzene rings is 1. The smallest absolute Gasteiger partial charge is 0.273 e. The van der Waals surface area contributed by atoms with E-state index in [4.69, 9.17) is 0 Å². The minimum atomic E-state index is -0.114. The van der Waals surface area contributed by atoms with Crippen LogP contribution in [-0.4, -0.2) is 33.4 Å². The molecule has 1 amide bonds. The lowest BCUT2D eigenvalue weighted by Crippen LogP contribution is -2.51. The first-order valence-corrected chi connectivity index (χ1v) is 9.44. The van der Waals surface area contributed by atoms with Gasteiger partial charge in [-0.25, -0.2) is 4.98 Å². The van der Waals surface area contributed by atoms with Crippen molar-refractivity contribution in [3.05, 3.63) is 64.9 Å². The molecular weight excluding hydrogens is 332 g/mol. The molecule has 1 aromatic carbocycles. The lowest BCUT2D eigenvalue weighted by Gasteiger charge is -2.46. The SMILES string of the molecule is O=C(c1cscn1)N1CCC2(CC1)Nc1ccccc1-n1cccc12. The molecule has 1 spiro atoms. The number of rotatable bonds is 1. The summed E-state index contributed by atoms with van der Waals surface area (Å²) in [7, 11) is 0. The van der Waals surface area contributed by atoms with E-state index in [1.807, 2.05) is 10.3 Å². The van der Waals surface area contributed by atoms with E-state index in [1.54, 1.807) is 5.51 Å². The standard InChI is InChI=1S/C19H18N4OS/c24-18(15-12-25-13-20-15)22-10-7-19(8-11-22)17-6-3-9-23(17)16-5-2-1-4-14(16)21-19/h1-6,9,12-13,21H,7-8,10-11H2. The van der Waals surface area contributed by atoms with E-state index < -0.39 is 0 Å². The van der Waals surface area contributed by atoms with E-state index in [0.717, 1.165) is 31.6 Å². The van der Waals surface area contributed by atoms with E-state index in [2.05, 4.69) is 57.5 Å². The number of fused-ring (bicyclic) bond motifs is 4. The van der Waals surface area contributed by atoms with Crippen LogP contribution in [0.15, 0.2) is 53.5 Å². The largest absolute Gasteiger partial charge is 0.372 e. The van der Waals surface area contributed by atoms with Gasteiger partial charge in [0, 0.05) is 30.4 Å². The summed E-state index contributed by atoms with van der Waals surface area (Å²) in [6.07, 6.45) is 3.91. The lowest BCUT2D eigenvalue weighted by molar-refractivity contribution is 0.0671. The number of piperidine rings is 1. The van der Waals surface area contributed by atoms with Crippen molar-refractivity contribution in [3.8, 4) is 5.69 Å². The Kier molecular flexibility index (Phi) is 3.21. The number of amides is 1. The number of anilines is 1. The summed E-state index contributed by atoms with van der Waals surface area (Å²) >= 11 is 1.46. The van der Waals surface area contributed by atoms with Crippen molar-refractivity contribution in [3.63, 3.8) is 0 Å². The average molecular weight is 350 g/mol. The number of thiazole rings is 1. The third-order valence-electron chi connectivity index (χ3n) is 5.33. The molecule has 126 valence electrons. The van der Waals surface area contributed by atoms with Crippen LogP contribution in [0.5, 0.6) is 0 Å². The molecule has 4 heterocycles. The van der Waals surface area contributed by atoms with Gasteiger partial charge < -0.3 is 14.8 Å². The van der Waals surface area contributed by atoms with Gasteiger partial charge in [0.25, 0.3) is 5.91 Å². The van der Waals surface area contributed by atoms with Gasteiger partial charge in [-0.05, 0) is 37.1 Å². The number of hydrogen-bond donors (Lipinski definition) is 1. The second-order valence-corrected chi connectivity index (χ2v) is 7.37. The molecule has 2 aliphatic heterocycles. The maximum absolute atomic E-state index is 12.6. The van der Waals surface area contributed by atoms with Crippen LogP contribution in [0.3, 0.4) is 0 Å². The summed E-state index contributed by atoms with van der Waals surface area (Å²) in [4.78, 5) is 18.7. The molecular formula is C19H18N4OS. The van der Waals surface area contributed by atoms with Crippen LogP contribution in [0.4, 0.5) is 5.69 Å². The third-order valence-corrected chi connectivity index (χ3v) is 5.92. The zero-order valence-electron chi connectivity index (χ0n) is 13.7. The first kappa shape index (κ1) is 14.7. The first-order chi connectivity index (χ1) is 12.3. The number of carbonyl (C=O) groups excluding carboxylic acids is 1. The number of nitrogens with one attached hydrogen (secondary N) is 1. The molecule has 1 fully saturated rings. The van der Waals surface area contributed by atoms with Crippen molar-refractivity contribution >= 4 is 22.9 Å². The van der Waals surface area contributed by atoms with E-state index in [0.29, 0.717) is 5.69 Å². The van der Waals surface area contributed by atoms with E-state index >= 15 is 0 Å². The van der Waals surface area contributed by atoms with Gasteiger partial charge in [0.2, 0.25) is 0 Å². The first-order valence-electron chi connectivity index (χ1n) is 8.50. The van der Waals surface area contributed by atoms with E-state index in [1.165, 1.54) is 22.7 Å². The monoisotopic (exact) mass is 350 g/mol. The maximum Gasteiger partial charge on any atom is 0.273 e. The van der Waals surface area contributed by atoms with Crippen LogP contribution in [-0.2, 0) is 5.54 Å². The molecule has 2 aromatic heterocycles. The molecule has 0 bridgehead atoms. The third kappa shape index (κ3) is 2.21. The molecule has 6 heteroatoms. The Hall–Kier alpha value is -2.60. The molecule has 0 aliphatic carbocycles. The van der Waals surface area contributed by atoms with Crippen LogP contribution < -0.4 is 5.32 Å². The Morgan fingerprint density at radius 1 is 1.16 bits per heavy atom. The van der Waals surface area contributed by atoms with E-state index in [-0.39, 0.29) is 11.4 Å². The van der Waals surface area contributed by atoms with Crippen LogP contribution >= 0.6 is 11.3 Å². The highest BCUT2D eigenvalue weighted by Gasteiger charge is 2.42. The van der Waals surface area contributed by atoms with Crippen LogP contribution in [0.25, 0.3) is 5.69 Å². The van der Waals surface area contributed by atoms with Gasteiger partial charge in [0.15, 0.2) is 0 Å². The molecule has 0 radical (unpaired) electrons. The van der Waals surface area contributed by atoms with Gasteiger partial charge in [-0.3, -0.25) is 4.79 Å². The summed E-state index contributed by atoms with van der Waals surface area (Å²) in [5.74, 6) is 0.0442. The normalized spacial score (nSPS) is 17.7. The second-order valence-electron chi connectivity index (χ2n) is 6.65. The highest BCUT2D eigenvalue weighted by molar-refractivity contribution is 7.07. The van der Waals surface area contributed by atoms with Gasteiger partial charge in [0.1, 0.15) is 5.69 Å². The van der Waals surface area contributed by atoms with Gasteiger partial charge >= 0.3 is 0 Å². The lowest BCUT2D eigenvalue weighted by atomic mass is 9.82. The summed E-state index contributed by atoms with van der Waals surface area (Å²) in [5.41, 5.74) is 5.79. The van der Waals surface area contributed by atoms with Crippen molar-refractivity contribution < 1.29 is 4.79 Å². The van der Waals surface area contributed by atoms with Gasteiger partial charge in [0.05, 0.1) is 22.4 Å². The fourth-order valence-electron chi connectivity index (χ4n) is 4.05. The molecule has 5 nitrogen and oxygen atoms in total. The fourth-order valence-corrected chi connectivity index (χ4v) is 4.57. The predicted molar refractivity (Wildman–Crippen MR) is 98.3 cm³/mol.